The second kappa shape index (κ2) is 7.62. The molecule has 0 bridgehead atoms. The summed E-state index contributed by atoms with van der Waals surface area (Å²) in [7, 11) is 0. The molecule has 3 nitrogen and oxygen atoms in total. The summed E-state index contributed by atoms with van der Waals surface area (Å²) in [4.78, 5) is 25.1. The minimum atomic E-state index is -0.423. The maximum absolute atomic E-state index is 12.2. The molecule has 0 N–H and O–H groups in total. The molecule has 0 heterocycles. The number of ether oxygens (including phenoxy) is 1. The van der Waals surface area contributed by atoms with Crippen molar-refractivity contribution >= 4 is 22.8 Å². The zero-order valence-electron chi connectivity index (χ0n) is 12.7. The Labute approximate surface area is 144 Å². The highest BCUT2D eigenvalue weighted by atomic mass is 32.2. The van der Waals surface area contributed by atoms with Gasteiger partial charge in [0, 0.05) is 10.5 Å². The maximum atomic E-state index is 12.2. The SMILES string of the molecule is O=C(Oc1ccc(C(=O)Sc2ccccc2)cc1)c1ccccc1. The Morgan fingerprint density at radius 1 is 0.667 bits per heavy atom. The van der Waals surface area contributed by atoms with E-state index in [4.69, 9.17) is 4.74 Å². The molecule has 0 aliphatic carbocycles. The van der Waals surface area contributed by atoms with Crippen LogP contribution in [0.25, 0.3) is 0 Å². The molecule has 4 heteroatoms. The molecule has 0 atom stereocenters. The van der Waals surface area contributed by atoms with Gasteiger partial charge in [-0.2, -0.15) is 0 Å². The fourth-order valence-electron chi connectivity index (χ4n) is 2.05. The topological polar surface area (TPSA) is 43.4 Å². The molecule has 0 fully saturated rings. The first-order valence-electron chi connectivity index (χ1n) is 7.37. The molecule has 3 rings (SSSR count). The Hall–Kier alpha value is -2.85. The van der Waals surface area contributed by atoms with E-state index in [1.165, 1.54) is 11.8 Å². The second-order valence-corrected chi connectivity index (χ2v) is 6.03. The molecular weight excluding hydrogens is 320 g/mol. The Bertz CT molecular complexity index is 828. The third kappa shape index (κ3) is 4.12. The third-order valence-corrected chi connectivity index (χ3v) is 4.19. The van der Waals surface area contributed by atoms with Crippen molar-refractivity contribution in [2.45, 2.75) is 4.90 Å². The van der Waals surface area contributed by atoms with Crippen LogP contribution >= 0.6 is 11.8 Å². The van der Waals surface area contributed by atoms with E-state index in [9.17, 15) is 9.59 Å². The van der Waals surface area contributed by atoms with Crippen LogP contribution in [0.3, 0.4) is 0 Å². The minimum absolute atomic E-state index is 0.0536. The van der Waals surface area contributed by atoms with Gasteiger partial charge in [-0.25, -0.2) is 4.79 Å². The molecule has 0 aromatic heterocycles. The van der Waals surface area contributed by atoms with Crippen LogP contribution in [0.4, 0.5) is 0 Å². The van der Waals surface area contributed by atoms with Crippen LogP contribution in [0, 0.1) is 0 Å². The molecular formula is C20H14O3S. The van der Waals surface area contributed by atoms with Gasteiger partial charge in [-0.15, -0.1) is 0 Å². The molecule has 118 valence electrons. The normalized spacial score (nSPS) is 10.2. The summed E-state index contributed by atoms with van der Waals surface area (Å²) >= 11 is 1.17. The average Bonchev–Trinajstić information content (AvgIpc) is 2.64. The lowest BCUT2D eigenvalue weighted by molar-refractivity contribution is 0.0734. The van der Waals surface area contributed by atoms with Gasteiger partial charge in [-0.05, 0) is 60.3 Å². The largest absolute Gasteiger partial charge is 0.423 e. The highest BCUT2D eigenvalue weighted by Gasteiger charge is 2.10. The van der Waals surface area contributed by atoms with Crippen LogP contribution < -0.4 is 4.74 Å². The van der Waals surface area contributed by atoms with Gasteiger partial charge >= 0.3 is 5.97 Å². The zero-order valence-corrected chi connectivity index (χ0v) is 13.5. The average molecular weight is 334 g/mol. The van der Waals surface area contributed by atoms with Gasteiger partial charge in [0.2, 0.25) is 5.12 Å². The van der Waals surface area contributed by atoms with Crippen molar-refractivity contribution < 1.29 is 14.3 Å². The Morgan fingerprint density at radius 2 is 1.25 bits per heavy atom. The summed E-state index contributed by atoms with van der Waals surface area (Å²) in [5.74, 6) is -0.0153. The fraction of sp³-hybridized carbons (Fsp3) is 0. The predicted octanol–water partition coefficient (Wildman–Crippen LogP) is 4.84. The Kier molecular flexibility index (Phi) is 5.08. The quantitative estimate of drug-likeness (QED) is 0.389. The van der Waals surface area contributed by atoms with Crippen molar-refractivity contribution in [1.29, 1.82) is 0 Å². The van der Waals surface area contributed by atoms with Crippen LogP contribution in [0.15, 0.2) is 89.8 Å². The van der Waals surface area contributed by atoms with E-state index in [1.807, 2.05) is 36.4 Å². The number of hydrogen-bond acceptors (Lipinski definition) is 4. The molecule has 0 radical (unpaired) electrons. The first-order valence-corrected chi connectivity index (χ1v) is 8.18. The van der Waals surface area contributed by atoms with Gasteiger partial charge in [0.1, 0.15) is 5.75 Å². The van der Waals surface area contributed by atoms with Gasteiger partial charge < -0.3 is 4.74 Å². The summed E-state index contributed by atoms with van der Waals surface area (Å²) in [6.45, 7) is 0. The van der Waals surface area contributed by atoms with E-state index in [0.717, 1.165) is 4.90 Å². The summed E-state index contributed by atoms with van der Waals surface area (Å²) in [6, 6.07) is 24.8. The summed E-state index contributed by atoms with van der Waals surface area (Å²) < 4.78 is 5.30. The van der Waals surface area contributed by atoms with Gasteiger partial charge in [0.05, 0.1) is 5.56 Å². The van der Waals surface area contributed by atoms with Gasteiger partial charge in [-0.1, -0.05) is 36.4 Å². The number of esters is 1. The molecule has 3 aromatic rings. The highest BCUT2D eigenvalue weighted by molar-refractivity contribution is 8.14. The molecule has 0 unspecified atom stereocenters. The van der Waals surface area contributed by atoms with Gasteiger partial charge in [-0.3, -0.25) is 4.79 Å². The van der Waals surface area contributed by atoms with Crippen molar-refractivity contribution in [1.82, 2.24) is 0 Å². The van der Waals surface area contributed by atoms with E-state index >= 15 is 0 Å². The summed E-state index contributed by atoms with van der Waals surface area (Å²) in [5.41, 5.74) is 1.04. The number of thioether (sulfide) groups is 1. The van der Waals surface area contributed by atoms with E-state index in [2.05, 4.69) is 0 Å². The molecule has 0 saturated heterocycles. The first kappa shape index (κ1) is 16.0. The molecule has 0 amide bonds. The van der Waals surface area contributed by atoms with Crippen LogP contribution in [0.5, 0.6) is 5.75 Å². The van der Waals surface area contributed by atoms with E-state index in [1.54, 1.807) is 48.5 Å². The summed E-state index contributed by atoms with van der Waals surface area (Å²) in [5, 5.41) is -0.0536. The van der Waals surface area contributed by atoms with Crippen molar-refractivity contribution in [3.63, 3.8) is 0 Å². The number of rotatable bonds is 4. The number of carbonyl (C=O) groups excluding carboxylic acids is 2. The summed E-state index contributed by atoms with van der Waals surface area (Å²) in [6.07, 6.45) is 0. The van der Waals surface area contributed by atoms with Crippen molar-refractivity contribution in [3.05, 3.63) is 96.1 Å². The van der Waals surface area contributed by atoms with Crippen LogP contribution in [-0.4, -0.2) is 11.1 Å². The van der Waals surface area contributed by atoms with E-state index < -0.39 is 5.97 Å². The highest BCUT2D eigenvalue weighted by Crippen LogP contribution is 2.24. The lowest BCUT2D eigenvalue weighted by Crippen LogP contribution is -2.08. The van der Waals surface area contributed by atoms with Gasteiger partial charge in [0.15, 0.2) is 0 Å². The van der Waals surface area contributed by atoms with E-state index in [-0.39, 0.29) is 5.12 Å². The monoisotopic (exact) mass is 334 g/mol. The first-order chi connectivity index (χ1) is 11.7. The van der Waals surface area contributed by atoms with Crippen molar-refractivity contribution in [3.8, 4) is 5.75 Å². The lowest BCUT2D eigenvalue weighted by atomic mass is 10.2. The second-order valence-electron chi connectivity index (χ2n) is 4.98. The number of carbonyl (C=O) groups is 2. The molecule has 0 aliphatic heterocycles. The smallest absolute Gasteiger partial charge is 0.343 e. The van der Waals surface area contributed by atoms with Crippen LogP contribution in [-0.2, 0) is 0 Å². The zero-order chi connectivity index (χ0) is 16.8. The van der Waals surface area contributed by atoms with E-state index in [0.29, 0.717) is 16.9 Å². The predicted molar refractivity (Wildman–Crippen MR) is 94.5 cm³/mol. The lowest BCUT2D eigenvalue weighted by Gasteiger charge is -2.05. The molecule has 0 spiro atoms. The standard InChI is InChI=1S/C20H14O3S/c21-19(15-7-3-1-4-8-15)23-17-13-11-16(12-14-17)20(22)24-18-9-5-2-6-10-18/h1-14H. The Morgan fingerprint density at radius 3 is 1.88 bits per heavy atom. The molecule has 0 saturated carbocycles. The molecule has 24 heavy (non-hydrogen) atoms. The molecule has 0 aliphatic rings. The maximum Gasteiger partial charge on any atom is 0.343 e. The van der Waals surface area contributed by atoms with Crippen LogP contribution in [0.1, 0.15) is 20.7 Å². The number of hydrogen-bond donors (Lipinski definition) is 0. The van der Waals surface area contributed by atoms with Crippen molar-refractivity contribution in [2.75, 3.05) is 0 Å². The molecule has 3 aromatic carbocycles. The minimum Gasteiger partial charge on any atom is -0.423 e. The fourth-order valence-corrected chi connectivity index (χ4v) is 2.81. The Balaban J connectivity index is 1.65. The van der Waals surface area contributed by atoms with Gasteiger partial charge in [0.25, 0.3) is 0 Å². The van der Waals surface area contributed by atoms with Crippen LogP contribution in [0.2, 0.25) is 0 Å². The third-order valence-electron chi connectivity index (χ3n) is 3.26. The number of benzene rings is 3. The van der Waals surface area contributed by atoms with Crippen molar-refractivity contribution in [2.24, 2.45) is 0 Å².